The van der Waals surface area contributed by atoms with Crippen LogP contribution < -0.4 is 5.32 Å². The smallest absolute Gasteiger partial charge is 0.0863 e. The van der Waals surface area contributed by atoms with Crippen LogP contribution in [0.3, 0.4) is 0 Å². The van der Waals surface area contributed by atoms with Crippen molar-refractivity contribution < 1.29 is 4.74 Å². The lowest BCUT2D eigenvalue weighted by atomic mass is 9.79. The third kappa shape index (κ3) is 1.55. The molecular formula is C14H16ClNO. The summed E-state index contributed by atoms with van der Waals surface area (Å²) < 4.78 is 6.01. The molecule has 1 unspecified atom stereocenters. The Morgan fingerprint density at radius 1 is 1.59 bits per heavy atom. The molecule has 0 saturated carbocycles. The van der Waals surface area contributed by atoms with E-state index in [4.69, 9.17) is 16.3 Å². The minimum absolute atomic E-state index is 0.102. The Balaban J connectivity index is 2.21. The van der Waals surface area contributed by atoms with Crippen molar-refractivity contribution in [3.05, 3.63) is 40.4 Å². The summed E-state index contributed by atoms with van der Waals surface area (Å²) in [7, 11) is 0. The van der Waals surface area contributed by atoms with Gasteiger partial charge in [-0.1, -0.05) is 30.3 Å². The summed E-state index contributed by atoms with van der Waals surface area (Å²) in [6, 6.07) is 3.99. The van der Waals surface area contributed by atoms with Crippen molar-refractivity contribution in [3.8, 4) is 0 Å². The van der Waals surface area contributed by atoms with Crippen LogP contribution in [0.15, 0.2) is 18.7 Å². The first-order valence-electron chi connectivity index (χ1n) is 5.94. The van der Waals surface area contributed by atoms with E-state index >= 15 is 0 Å². The number of hydrogen-bond acceptors (Lipinski definition) is 2. The second-order valence-electron chi connectivity index (χ2n) is 5.02. The van der Waals surface area contributed by atoms with Crippen molar-refractivity contribution in [3.63, 3.8) is 0 Å². The van der Waals surface area contributed by atoms with Crippen LogP contribution in [-0.4, -0.2) is 18.7 Å². The molecule has 1 saturated heterocycles. The maximum absolute atomic E-state index is 6.27. The zero-order valence-electron chi connectivity index (χ0n) is 9.92. The molecule has 0 aliphatic carbocycles. The highest BCUT2D eigenvalue weighted by Crippen LogP contribution is 2.44. The van der Waals surface area contributed by atoms with Crippen LogP contribution in [0.5, 0.6) is 0 Å². The summed E-state index contributed by atoms with van der Waals surface area (Å²) in [6.45, 7) is 8.53. The van der Waals surface area contributed by atoms with Gasteiger partial charge in [0.2, 0.25) is 0 Å². The highest BCUT2D eigenvalue weighted by Gasteiger charge is 2.45. The van der Waals surface area contributed by atoms with E-state index in [2.05, 4.69) is 24.9 Å². The number of halogens is 1. The van der Waals surface area contributed by atoms with Crippen LogP contribution in [0, 0.1) is 0 Å². The Kier molecular flexibility index (Phi) is 2.54. The summed E-state index contributed by atoms with van der Waals surface area (Å²) in [5, 5.41) is 4.22. The fourth-order valence-electron chi connectivity index (χ4n) is 2.99. The van der Waals surface area contributed by atoms with Gasteiger partial charge in [0.25, 0.3) is 0 Å². The number of hydrogen-bond donors (Lipinski definition) is 1. The zero-order valence-corrected chi connectivity index (χ0v) is 10.7. The summed E-state index contributed by atoms with van der Waals surface area (Å²) in [5.41, 5.74) is 3.55. The topological polar surface area (TPSA) is 21.3 Å². The van der Waals surface area contributed by atoms with Crippen molar-refractivity contribution in [2.24, 2.45) is 0 Å². The van der Waals surface area contributed by atoms with E-state index in [1.807, 2.05) is 12.1 Å². The third-order valence-electron chi connectivity index (χ3n) is 4.01. The van der Waals surface area contributed by atoms with E-state index in [0.717, 1.165) is 23.7 Å². The van der Waals surface area contributed by atoms with Crippen LogP contribution in [0.4, 0.5) is 0 Å². The average Bonchev–Trinajstić information content (AvgIpc) is 2.71. The Morgan fingerprint density at radius 2 is 2.41 bits per heavy atom. The summed E-state index contributed by atoms with van der Waals surface area (Å²) >= 11 is 6.27. The largest absolute Gasteiger partial charge is 0.369 e. The van der Waals surface area contributed by atoms with Crippen molar-refractivity contribution >= 4 is 17.7 Å². The summed E-state index contributed by atoms with van der Waals surface area (Å²) in [5.74, 6) is 0.373. The van der Waals surface area contributed by atoms with Crippen molar-refractivity contribution in [2.75, 3.05) is 13.1 Å². The molecule has 90 valence electrons. The van der Waals surface area contributed by atoms with Gasteiger partial charge in [0.1, 0.15) is 0 Å². The minimum Gasteiger partial charge on any atom is -0.369 e. The van der Waals surface area contributed by atoms with Gasteiger partial charge in [-0.05, 0) is 24.1 Å². The Hall–Kier alpha value is -0.830. The van der Waals surface area contributed by atoms with Gasteiger partial charge >= 0.3 is 0 Å². The Morgan fingerprint density at radius 3 is 3.18 bits per heavy atom. The lowest BCUT2D eigenvalue weighted by Gasteiger charge is -2.38. The fraction of sp³-hybridized carbons (Fsp3) is 0.429. The van der Waals surface area contributed by atoms with Gasteiger partial charge in [-0.15, -0.1) is 0 Å². The van der Waals surface area contributed by atoms with E-state index in [1.165, 1.54) is 11.1 Å². The third-order valence-corrected chi connectivity index (χ3v) is 4.36. The molecule has 0 radical (unpaired) electrons. The van der Waals surface area contributed by atoms with Gasteiger partial charge in [0, 0.05) is 29.6 Å². The molecule has 1 N–H and O–H groups in total. The Labute approximate surface area is 107 Å². The molecule has 0 spiro atoms. The number of fused-ring (bicyclic) bond motifs is 3. The zero-order chi connectivity index (χ0) is 12.0. The van der Waals surface area contributed by atoms with Gasteiger partial charge in [-0.25, -0.2) is 0 Å². The molecule has 2 atom stereocenters. The second kappa shape index (κ2) is 3.84. The van der Waals surface area contributed by atoms with E-state index < -0.39 is 0 Å². The molecule has 17 heavy (non-hydrogen) atoms. The number of nitrogens with one attached hydrogen (secondary N) is 1. The maximum atomic E-state index is 6.27. The molecule has 2 aliphatic heterocycles. The predicted molar refractivity (Wildman–Crippen MR) is 70.3 cm³/mol. The highest BCUT2D eigenvalue weighted by molar-refractivity contribution is 6.31. The molecule has 3 heteroatoms. The van der Waals surface area contributed by atoms with Crippen LogP contribution in [0.25, 0.3) is 6.08 Å². The summed E-state index contributed by atoms with van der Waals surface area (Å²) in [4.78, 5) is 0. The lowest BCUT2D eigenvalue weighted by molar-refractivity contribution is -0.0517. The van der Waals surface area contributed by atoms with Crippen molar-refractivity contribution in [1.29, 1.82) is 0 Å². The number of benzene rings is 1. The monoisotopic (exact) mass is 249 g/mol. The van der Waals surface area contributed by atoms with E-state index in [0.29, 0.717) is 12.5 Å². The van der Waals surface area contributed by atoms with Crippen LogP contribution in [0.2, 0.25) is 5.02 Å². The molecule has 2 nitrogen and oxygen atoms in total. The molecule has 1 fully saturated rings. The van der Waals surface area contributed by atoms with Crippen LogP contribution in [-0.2, 0) is 11.3 Å². The van der Waals surface area contributed by atoms with E-state index in [-0.39, 0.29) is 5.60 Å². The standard InChI is InChI=1S/C14H16ClNO/c1-3-9-4-5-12(15)10-7-17-14(2)8-16-6-11(14)13(9)10/h3-5,11,16H,1,6-8H2,2H3/t11-,14?/m0/s1. The van der Waals surface area contributed by atoms with Gasteiger partial charge in [0.15, 0.2) is 0 Å². The van der Waals surface area contributed by atoms with E-state index in [1.54, 1.807) is 0 Å². The van der Waals surface area contributed by atoms with Gasteiger partial charge in [0.05, 0.1) is 12.2 Å². The van der Waals surface area contributed by atoms with Gasteiger partial charge in [-0.2, -0.15) is 0 Å². The molecule has 0 bridgehead atoms. The van der Waals surface area contributed by atoms with Gasteiger partial charge in [-0.3, -0.25) is 0 Å². The van der Waals surface area contributed by atoms with Gasteiger partial charge < -0.3 is 10.1 Å². The first kappa shape index (κ1) is 11.3. The number of ether oxygens (including phenoxy) is 1. The molecular weight excluding hydrogens is 234 g/mol. The molecule has 1 aromatic carbocycles. The molecule has 3 rings (SSSR count). The quantitative estimate of drug-likeness (QED) is 0.826. The molecule has 0 amide bonds. The minimum atomic E-state index is -0.102. The molecule has 2 heterocycles. The van der Waals surface area contributed by atoms with Crippen molar-refractivity contribution in [2.45, 2.75) is 25.0 Å². The fourth-order valence-corrected chi connectivity index (χ4v) is 3.21. The van der Waals surface area contributed by atoms with E-state index in [9.17, 15) is 0 Å². The SMILES string of the molecule is C=Cc1ccc(Cl)c2c1[C@@H]1CNCC1(C)OC2. The Bertz CT molecular complexity index is 485. The molecule has 2 aliphatic rings. The summed E-state index contributed by atoms with van der Waals surface area (Å²) in [6.07, 6.45) is 1.92. The molecule has 0 aromatic heterocycles. The second-order valence-corrected chi connectivity index (χ2v) is 5.42. The number of rotatable bonds is 1. The first-order chi connectivity index (χ1) is 8.15. The van der Waals surface area contributed by atoms with Crippen molar-refractivity contribution in [1.82, 2.24) is 5.32 Å². The van der Waals surface area contributed by atoms with Crippen LogP contribution >= 0.6 is 11.6 Å². The normalized spacial score (nSPS) is 30.8. The highest BCUT2D eigenvalue weighted by atomic mass is 35.5. The predicted octanol–water partition coefficient (Wildman–Crippen LogP) is 2.96. The average molecular weight is 250 g/mol. The lowest BCUT2D eigenvalue weighted by Crippen LogP contribution is -2.40. The maximum Gasteiger partial charge on any atom is 0.0863 e. The van der Waals surface area contributed by atoms with Crippen LogP contribution in [0.1, 0.15) is 29.5 Å². The molecule has 1 aromatic rings. The first-order valence-corrected chi connectivity index (χ1v) is 6.32.